The number of nitrogens with one attached hydrogen (secondary N) is 2. The molecule has 0 saturated carbocycles. The first-order chi connectivity index (χ1) is 11.9. The Bertz CT molecular complexity index is 788. The highest BCUT2D eigenvalue weighted by Gasteiger charge is 2.08. The smallest absolute Gasteiger partial charge is 0.191 e. The van der Waals surface area contributed by atoms with Crippen molar-refractivity contribution in [2.24, 2.45) is 4.99 Å². The van der Waals surface area contributed by atoms with E-state index in [9.17, 15) is 8.42 Å². The molecular weight excluding hydrogens is 481 g/mol. The molecule has 1 aromatic heterocycles. The van der Waals surface area contributed by atoms with Gasteiger partial charge < -0.3 is 10.6 Å². The number of halogens is 1. The predicted molar refractivity (Wildman–Crippen MR) is 121 cm³/mol. The van der Waals surface area contributed by atoms with Crippen LogP contribution in [0.1, 0.15) is 30.9 Å². The van der Waals surface area contributed by atoms with Crippen LogP contribution in [0.15, 0.2) is 51.0 Å². The molecule has 0 aliphatic rings. The van der Waals surface area contributed by atoms with Gasteiger partial charge in [0.25, 0.3) is 0 Å². The Hall–Kier alpha value is -1.13. The second kappa shape index (κ2) is 10.9. The van der Waals surface area contributed by atoms with E-state index in [1.54, 1.807) is 35.6 Å². The van der Waals surface area contributed by atoms with Gasteiger partial charge >= 0.3 is 0 Å². The Kier molecular flexibility index (Phi) is 9.59. The second-order valence-corrected chi connectivity index (χ2v) is 8.75. The SMILES string of the molecule is CCNC(=NCc1ccc(S(C)(=O)=O)cc1)NCC(C)c1ccsc1.I. The van der Waals surface area contributed by atoms with Crippen LogP contribution in [-0.4, -0.2) is 33.7 Å². The molecule has 0 fully saturated rings. The van der Waals surface area contributed by atoms with Crippen molar-refractivity contribution in [1.29, 1.82) is 0 Å². The third kappa shape index (κ3) is 7.24. The topological polar surface area (TPSA) is 70.6 Å². The summed E-state index contributed by atoms with van der Waals surface area (Å²) in [5.74, 6) is 1.17. The molecule has 1 atom stereocenters. The Morgan fingerprint density at radius 2 is 1.88 bits per heavy atom. The lowest BCUT2D eigenvalue weighted by Gasteiger charge is -2.15. The van der Waals surface area contributed by atoms with Crippen LogP contribution in [0.25, 0.3) is 0 Å². The first-order valence-corrected chi connectivity index (χ1v) is 11.1. The fourth-order valence-electron chi connectivity index (χ4n) is 2.28. The zero-order valence-electron chi connectivity index (χ0n) is 15.2. The van der Waals surface area contributed by atoms with Crippen molar-refractivity contribution in [3.05, 3.63) is 52.2 Å². The summed E-state index contributed by atoms with van der Waals surface area (Å²) >= 11 is 1.71. The highest BCUT2D eigenvalue weighted by Crippen LogP contribution is 2.17. The van der Waals surface area contributed by atoms with E-state index in [2.05, 4.69) is 39.4 Å². The van der Waals surface area contributed by atoms with Crippen LogP contribution in [0.4, 0.5) is 0 Å². The van der Waals surface area contributed by atoms with Crippen molar-refractivity contribution in [2.75, 3.05) is 19.3 Å². The van der Waals surface area contributed by atoms with Gasteiger partial charge in [-0.15, -0.1) is 24.0 Å². The Balaban J connectivity index is 0.00000338. The molecule has 26 heavy (non-hydrogen) atoms. The van der Waals surface area contributed by atoms with E-state index in [1.807, 2.05) is 6.92 Å². The number of aliphatic imine (C=N–C) groups is 1. The summed E-state index contributed by atoms with van der Waals surface area (Å²) in [4.78, 5) is 4.90. The lowest BCUT2D eigenvalue weighted by Crippen LogP contribution is -2.39. The van der Waals surface area contributed by atoms with Crippen molar-refractivity contribution < 1.29 is 8.42 Å². The molecule has 0 aliphatic heterocycles. The molecule has 0 saturated heterocycles. The van der Waals surface area contributed by atoms with E-state index in [1.165, 1.54) is 11.8 Å². The summed E-state index contributed by atoms with van der Waals surface area (Å²) in [6, 6.07) is 9.00. The quantitative estimate of drug-likeness (QED) is 0.341. The van der Waals surface area contributed by atoms with Gasteiger partial charge in [0.2, 0.25) is 0 Å². The molecule has 2 N–H and O–H groups in total. The predicted octanol–water partition coefficient (Wildman–Crippen LogP) is 3.63. The summed E-state index contributed by atoms with van der Waals surface area (Å²) in [5.41, 5.74) is 2.29. The molecule has 2 aromatic rings. The molecule has 0 bridgehead atoms. The first kappa shape index (κ1) is 22.9. The molecule has 1 unspecified atom stereocenters. The third-order valence-corrected chi connectivity index (χ3v) is 5.63. The van der Waals surface area contributed by atoms with Gasteiger partial charge in [0.1, 0.15) is 0 Å². The van der Waals surface area contributed by atoms with Crippen molar-refractivity contribution >= 4 is 51.1 Å². The summed E-state index contributed by atoms with van der Waals surface area (Å²) in [6.45, 7) is 6.29. The number of thiophene rings is 1. The molecule has 5 nitrogen and oxygen atoms in total. The Morgan fingerprint density at radius 3 is 2.42 bits per heavy atom. The third-order valence-electron chi connectivity index (χ3n) is 3.80. The Labute approximate surface area is 177 Å². The molecule has 1 heterocycles. The molecule has 0 amide bonds. The summed E-state index contributed by atoms with van der Waals surface area (Å²) < 4.78 is 23.0. The zero-order valence-corrected chi connectivity index (χ0v) is 19.2. The Morgan fingerprint density at radius 1 is 1.19 bits per heavy atom. The van der Waals surface area contributed by atoms with Crippen LogP contribution in [0.2, 0.25) is 0 Å². The number of sulfone groups is 1. The van der Waals surface area contributed by atoms with Crippen LogP contribution in [-0.2, 0) is 16.4 Å². The molecule has 1 aromatic carbocycles. The van der Waals surface area contributed by atoms with Gasteiger partial charge in [-0.2, -0.15) is 11.3 Å². The first-order valence-electron chi connectivity index (χ1n) is 8.23. The van der Waals surface area contributed by atoms with Gasteiger partial charge in [-0.05, 0) is 52.9 Å². The zero-order chi connectivity index (χ0) is 18.3. The van der Waals surface area contributed by atoms with Crippen LogP contribution in [0.3, 0.4) is 0 Å². The van der Waals surface area contributed by atoms with Gasteiger partial charge in [-0.25, -0.2) is 13.4 Å². The van der Waals surface area contributed by atoms with Crippen LogP contribution in [0.5, 0.6) is 0 Å². The molecular formula is C18H26IN3O2S2. The fourth-order valence-corrected chi connectivity index (χ4v) is 3.69. The van der Waals surface area contributed by atoms with E-state index in [4.69, 9.17) is 0 Å². The minimum absolute atomic E-state index is 0. The average Bonchev–Trinajstić information content (AvgIpc) is 3.11. The number of hydrogen-bond acceptors (Lipinski definition) is 4. The summed E-state index contributed by atoms with van der Waals surface area (Å²) in [6.07, 6.45) is 1.21. The van der Waals surface area contributed by atoms with Gasteiger partial charge in [0.15, 0.2) is 15.8 Å². The van der Waals surface area contributed by atoms with E-state index in [0.717, 1.165) is 24.6 Å². The number of nitrogens with zero attached hydrogens (tertiary/aromatic N) is 1. The summed E-state index contributed by atoms with van der Waals surface area (Å²) in [5, 5.41) is 10.9. The highest BCUT2D eigenvalue weighted by atomic mass is 127. The number of benzene rings is 1. The molecule has 0 radical (unpaired) electrons. The normalized spacial score (nSPS) is 13.0. The minimum atomic E-state index is -3.16. The van der Waals surface area contributed by atoms with Crippen molar-refractivity contribution in [2.45, 2.75) is 31.2 Å². The van der Waals surface area contributed by atoms with Crippen molar-refractivity contribution in [3.8, 4) is 0 Å². The second-order valence-electron chi connectivity index (χ2n) is 5.95. The number of guanidine groups is 1. The molecule has 0 spiro atoms. The standard InChI is InChI=1S/C18H25N3O2S2.HI/c1-4-19-18(20-11-14(2)16-9-10-24-13-16)21-12-15-5-7-17(8-6-15)25(3,22)23;/h5-10,13-14H,4,11-12H2,1-3H3,(H2,19,20,21);1H. The molecule has 144 valence electrons. The van der Waals surface area contributed by atoms with Crippen LogP contribution < -0.4 is 10.6 Å². The monoisotopic (exact) mass is 507 g/mol. The van der Waals surface area contributed by atoms with Crippen LogP contribution >= 0.6 is 35.3 Å². The maximum atomic E-state index is 11.5. The lowest BCUT2D eigenvalue weighted by atomic mass is 10.1. The number of rotatable bonds is 7. The maximum absolute atomic E-state index is 11.5. The van der Waals surface area contributed by atoms with Gasteiger partial charge in [0, 0.05) is 19.3 Å². The van der Waals surface area contributed by atoms with Crippen molar-refractivity contribution in [1.82, 2.24) is 10.6 Å². The average molecular weight is 507 g/mol. The fraction of sp³-hybridized carbons (Fsp3) is 0.389. The maximum Gasteiger partial charge on any atom is 0.191 e. The molecule has 2 rings (SSSR count). The number of hydrogen-bond donors (Lipinski definition) is 2. The molecule has 8 heteroatoms. The van der Waals surface area contributed by atoms with Gasteiger partial charge in [-0.3, -0.25) is 0 Å². The van der Waals surface area contributed by atoms with Gasteiger partial charge in [-0.1, -0.05) is 19.1 Å². The van der Waals surface area contributed by atoms with Crippen LogP contribution in [0, 0.1) is 0 Å². The van der Waals surface area contributed by atoms with E-state index in [0.29, 0.717) is 17.4 Å². The van der Waals surface area contributed by atoms with Gasteiger partial charge in [0.05, 0.1) is 11.4 Å². The van der Waals surface area contributed by atoms with E-state index < -0.39 is 9.84 Å². The molecule has 0 aliphatic carbocycles. The lowest BCUT2D eigenvalue weighted by molar-refractivity contribution is 0.602. The largest absolute Gasteiger partial charge is 0.357 e. The highest BCUT2D eigenvalue weighted by molar-refractivity contribution is 14.0. The van der Waals surface area contributed by atoms with E-state index in [-0.39, 0.29) is 24.0 Å². The van der Waals surface area contributed by atoms with Crippen molar-refractivity contribution in [3.63, 3.8) is 0 Å². The van der Waals surface area contributed by atoms with E-state index >= 15 is 0 Å². The minimum Gasteiger partial charge on any atom is -0.357 e. The summed E-state index contributed by atoms with van der Waals surface area (Å²) in [7, 11) is -3.16.